The van der Waals surface area contributed by atoms with E-state index in [9.17, 15) is 13.2 Å². The minimum absolute atomic E-state index is 0.278. The van der Waals surface area contributed by atoms with E-state index in [0.717, 1.165) is 11.3 Å². The predicted molar refractivity (Wildman–Crippen MR) is 93.5 cm³/mol. The number of alkyl halides is 3. The lowest BCUT2D eigenvalue weighted by molar-refractivity contribution is -0.274. The van der Waals surface area contributed by atoms with E-state index in [1.54, 1.807) is 6.07 Å². The molecule has 2 aromatic rings. The summed E-state index contributed by atoms with van der Waals surface area (Å²) in [4.78, 5) is 0. The first-order valence-electron chi connectivity index (χ1n) is 7.27. The van der Waals surface area contributed by atoms with Crippen LogP contribution in [0.3, 0.4) is 0 Å². The number of hydrogen-bond acceptors (Lipinski definition) is 2. The van der Waals surface area contributed by atoms with Crippen LogP contribution in [0.5, 0.6) is 5.75 Å². The SMILES string of the molecule is CC(C)c1cccc(NC(=S)Nc2cccc(OC(F)(F)F)c2)c1. The van der Waals surface area contributed by atoms with Crippen LogP contribution in [0.15, 0.2) is 48.5 Å². The Kier molecular flexibility index (Phi) is 5.66. The fraction of sp³-hybridized carbons (Fsp3) is 0.235. The molecule has 0 unspecified atom stereocenters. The van der Waals surface area contributed by atoms with Gasteiger partial charge in [0.1, 0.15) is 5.75 Å². The Morgan fingerprint density at radius 1 is 1.00 bits per heavy atom. The van der Waals surface area contributed by atoms with Crippen molar-refractivity contribution in [2.75, 3.05) is 10.6 Å². The van der Waals surface area contributed by atoms with Gasteiger partial charge in [0.15, 0.2) is 5.11 Å². The first-order valence-corrected chi connectivity index (χ1v) is 7.67. The molecule has 7 heteroatoms. The van der Waals surface area contributed by atoms with Crippen molar-refractivity contribution in [3.8, 4) is 5.75 Å². The molecule has 24 heavy (non-hydrogen) atoms. The second kappa shape index (κ2) is 7.53. The molecule has 0 saturated carbocycles. The van der Waals surface area contributed by atoms with E-state index >= 15 is 0 Å². The van der Waals surface area contributed by atoms with Crippen LogP contribution in [-0.2, 0) is 0 Å². The van der Waals surface area contributed by atoms with E-state index in [2.05, 4.69) is 29.2 Å². The zero-order chi connectivity index (χ0) is 17.7. The third-order valence-corrected chi connectivity index (χ3v) is 3.34. The van der Waals surface area contributed by atoms with Gasteiger partial charge in [-0.05, 0) is 48.0 Å². The van der Waals surface area contributed by atoms with Gasteiger partial charge in [-0.25, -0.2) is 0 Å². The van der Waals surface area contributed by atoms with Crippen LogP contribution in [0.25, 0.3) is 0 Å². The molecular formula is C17H17F3N2OS. The molecule has 0 aromatic heterocycles. The zero-order valence-electron chi connectivity index (χ0n) is 13.1. The molecule has 0 atom stereocenters. The maximum atomic E-state index is 12.2. The number of rotatable bonds is 4. The third-order valence-electron chi connectivity index (χ3n) is 3.14. The second-order valence-electron chi connectivity index (χ2n) is 5.43. The highest BCUT2D eigenvalue weighted by Gasteiger charge is 2.31. The normalized spacial score (nSPS) is 11.2. The highest BCUT2D eigenvalue weighted by Crippen LogP contribution is 2.25. The van der Waals surface area contributed by atoms with Crippen molar-refractivity contribution in [1.82, 2.24) is 0 Å². The van der Waals surface area contributed by atoms with Crippen LogP contribution >= 0.6 is 12.2 Å². The molecule has 3 nitrogen and oxygen atoms in total. The van der Waals surface area contributed by atoms with E-state index in [0.29, 0.717) is 11.6 Å². The smallest absolute Gasteiger partial charge is 0.406 e. The zero-order valence-corrected chi connectivity index (χ0v) is 14.0. The topological polar surface area (TPSA) is 33.3 Å². The van der Waals surface area contributed by atoms with Gasteiger partial charge in [0.25, 0.3) is 0 Å². The van der Waals surface area contributed by atoms with Crippen LogP contribution in [0.2, 0.25) is 0 Å². The van der Waals surface area contributed by atoms with Gasteiger partial charge in [0.2, 0.25) is 0 Å². The molecule has 2 aromatic carbocycles. The molecule has 0 saturated heterocycles. The Bertz CT molecular complexity index is 717. The minimum Gasteiger partial charge on any atom is -0.406 e. The van der Waals surface area contributed by atoms with Crippen molar-refractivity contribution in [3.63, 3.8) is 0 Å². The number of hydrogen-bond donors (Lipinski definition) is 2. The number of halogens is 3. The van der Waals surface area contributed by atoms with E-state index in [4.69, 9.17) is 12.2 Å². The van der Waals surface area contributed by atoms with Gasteiger partial charge in [-0.15, -0.1) is 13.2 Å². The summed E-state index contributed by atoms with van der Waals surface area (Å²) in [6, 6.07) is 13.3. The summed E-state index contributed by atoms with van der Waals surface area (Å²) in [5.41, 5.74) is 2.36. The fourth-order valence-electron chi connectivity index (χ4n) is 2.04. The van der Waals surface area contributed by atoms with Crippen LogP contribution in [0.4, 0.5) is 24.5 Å². The predicted octanol–water partition coefficient (Wildman–Crippen LogP) is 5.52. The largest absolute Gasteiger partial charge is 0.573 e. The molecule has 0 bridgehead atoms. The van der Waals surface area contributed by atoms with Crippen molar-refractivity contribution in [2.45, 2.75) is 26.1 Å². The Morgan fingerprint density at radius 3 is 2.17 bits per heavy atom. The van der Waals surface area contributed by atoms with Crippen molar-refractivity contribution in [3.05, 3.63) is 54.1 Å². The molecule has 2 N–H and O–H groups in total. The summed E-state index contributed by atoms with van der Waals surface area (Å²) >= 11 is 5.19. The molecule has 2 rings (SSSR count). The highest BCUT2D eigenvalue weighted by atomic mass is 32.1. The average Bonchev–Trinajstić information content (AvgIpc) is 2.45. The van der Waals surface area contributed by atoms with Gasteiger partial charge < -0.3 is 15.4 Å². The lowest BCUT2D eigenvalue weighted by Crippen LogP contribution is -2.20. The van der Waals surface area contributed by atoms with Gasteiger partial charge >= 0.3 is 6.36 Å². The third kappa shape index (κ3) is 5.73. The first-order chi connectivity index (χ1) is 11.2. The molecule has 0 spiro atoms. The highest BCUT2D eigenvalue weighted by molar-refractivity contribution is 7.80. The van der Waals surface area contributed by atoms with E-state index in [-0.39, 0.29) is 10.9 Å². The van der Waals surface area contributed by atoms with Gasteiger partial charge in [0.05, 0.1) is 0 Å². The van der Waals surface area contributed by atoms with E-state index in [1.165, 1.54) is 18.2 Å². The summed E-state index contributed by atoms with van der Waals surface area (Å²) in [5, 5.41) is 6.13. The molecule has 0 amide bonds. The fourth-order valence-corrected chi connectivity index (χ4v) is 2.28. The Balaban J connectivity index is 2.02. The maximum Gasteiger partial charge on any atom is 0.573 e. The molecule has 0 heterocycles. The van der Waals surface area contributed by atoms with Crippen LogP contribution in [-0.4, -0.2) is 11.5 Å². The Morgan fingerprint density at radius 2 is 1.58 bits per heavy atom. The lowest BCUT2D eigenvalue weighted by atomic mass is 10.0. The number of thiocarbonyl (C=S) groups is 1. The molecule has 0 aliphatic carbocycles. The number of benzene rings is 2. The Labute approximate surface area is 143 Å². The quantitative estimate of drug-likeness (QED) is 0.709. The van der Waals surface area contributed by atoms with E-state index < -0.39 is 6.36 Å². The molecule has 128 valence electrons. The Hall–Kier alpha value is -2.28. The van der Waals surface area contributed by atoms with Crippen molar-refractivity contribution in [1.29, 1.82) is 0 Å². The first kappa shape index (κ1) is 18.1. The molecular weight excluding hydrogens is 337 g/mol. The molecule has 0 aliphatic rings. The monoisotopic (exact) mass is 354 g/mol. The summed E-state index contributed by atoms with van der Waals surface area (Å²) in [6.07, 6.45) is -4.73. The summed E-state index contributed by atoms with van der Waals surface area (Å²) in [7, 11) is 0. The van der Waals surface area contributed by atoms with Crippen molar-refractivity contribution in [2.24, 2.45) is 0 Å². The summed E-state index contributed by atoms with van der Waals surface area (Å²) < 4.78 is 40.6. The van der Waals surface area contributed by atoms with Crippen molar-refractivity contribution < 1.29 is 17.9 Å². The van der Waals surface area contributed by atoms with Crippen molar-refractivity contribution >= 4 is 28.7 Å². The number of nitrogens with one attached hydrogen (secondary N) is 2. The minimum atomic E-state index is -4.73. The number of ether oxygens (including phenoxy) is 1. The molecule has 0 aliphatic heterocycles. The van der Waals surface area contributed by atoms with E-state index in [1.807, 2.05) is 24.3 Å². The molecule has 0 radical (unpaired) electrons. The van der Waals surface area contributed by atoms with Gasteiger partial charge in [-0.2, -0.15) is 0 Å². The van der Waals surface area contributed by atoms with Crippen LogP contribution in [0, 0.1) is 0 Å². The van der Waals surface area contributed by atoms with Gasteiger partial charge in [-0.1, -0.05) is 32.0 Å². The number of anilines is 2. The van der Waals surface area contributed by atoms with Gasteiger partial charge in [0, 0.05) is 17.4 Å². The van der Waals surface area contributed by atoms with Gasteiger partial charge in [-0.3, -0.25) is 0 Å². The van der Waals surface area contributed by atoms with Crippen LogP contribution in [0.1, 0.15) is 25.3 Å². The molecule has 0 fully saturated rings. The average molecular weight is 354 g/mol. The van der Waals surface area contributed by atoms with Crippen LogP contribution < -0.4 is 15.4 Å². The second-order valence-corrected chi connectivity index (χ2v) is 5.84. The summed E-state index contributed by atoms with van der Waals surface area (Å²) in [6.45, 7) is 4.17. The standard InChI is InChI=1S/C17H17F3N2OS/c1-11(2)12-5-3-6-13(9-12)21-16(24)22-14-7-4-8-15(10-14)23-17(18,19)20/h3-11H,1-2H3,(H2,21,22,24). The maximum absolute atomic E-state index is 12.2. The summed E-state index contributed by atoms with van der Waals surface area (Å²) in [5.74, 6) is 0.0709. The lowest BCUT2D eigenvalue weighted by Gasteiger charge is -2.14.